The first-order valence-electron chi connectivity index (χ1n) is 12.6. The van der Waals surface area contributed by atoms with Crippen LogP contribution in [0.15, 0.2) is 84.0 Å². The number of hydrogen-bond donors (Lipinski definition) is 1. The molecule has 4 aromatic rings. The lowest BCUT2D eigenvalue weighted by molar-refractivity contribution is -0.132. The fraction of sp³-hybridized carbons (Fsp3) is 0.276. The molecular formula is C29H31FN4O4S. The summed E-state index contributed by atoms with van der Waals surface area (Å²) >= 11 is 0. The second kappa shape index (κ2) is 11.4. The maximum absolute atomic E-state index is 13.9. The Kier molecular flexibility index (Phi) is 8.15. The molecule has 0 aliphatic rings. The Balaban J connectivity index is 1.69. The molecule has 8 nitrogen and oxygen atoms in total. The van der Waals surface area contributed by atoms with Crippen molar-refractivity contribution in [3.05, 3.63) is 90.5 Å². The molecule has 1 unspecified atom stereocenters. The summed E-state index contributed by atoms with van der Waals surface area (Å²) in [5.74, 6) is -3.43. The molecule has 4 rings (SSSR count). The van der Waals surface area contributed by atoms with Crippen molar-refractivity contribution in [1.82, 2.24) is 14.5 Å². The highest BCUT2D eigenvalue weighted by molar-refractivity contribution is 7.90. The van der Waals surface area contributed by atoms with Crippen LogP contribution in [0.2, 0.25) is 0 Å². The Morgan fingerprint density at radius 1 is 0.974 bits per heavy atom. The average Bonchev–Trinajstić information content (AvgIpc) is 3.37. The van der Waals surface area contributed by atoms with Gasteiger partial charge in [0.2, 0.25) is 11.8 Å². The molecule has 1 aromatic heterocycles. The summed E-state index contributed by atoms with van der Waals surface area (Å²) in [5, 5.41) is 5.84. The van der Waals surface area contributed by atoms with E-state index in [0.29, 0.717) is 16.6 Å². The number of hydrogen-bond acceptors (Lipinski definition) is 5. The number of sulfonamides is 1. The zero-order valence-electron chi connectivity index (χ0n) is 22.2. The van der Waals surface area contributed by atoms with Gasteiger partial charge < -0.3 is 4.90 Å². The summed E-state index contributed by atoms with van der Waals surface area (Å²) in [6.07, 6.45) is 3.21. The van der Waals surface area contributed by atoms with Crippen LogP contribution < -0.4 is 9.62 Å². The average molecular weight is 551 g/mol. The van der Waals surface area contributed by atoms with Crippen LogP contribution in [-0.4, -0.2) is 36.1 Å². The van der Waals surface area contributed by atoms with Gasteiger partial charge in [-0.3, -0.25) is 14.3 Å². The van der Waals surface area contributed by atoms with Crippen molar-refractivity contribution in [3.63, 3.8) is 0 Å². The van der Waals surface area contributed by atoms with Crippen LogP contribution in [0.4, 0.5) is 10.1 Å². The molecule has 0 spiro atoms. The number of amides is 2. The number of aromatic nitrogens is 2. The fourth-order valence-corrected chi connectivity index (χ4v) is 5.39. The predicted octanol–water partition coefficient (Wildman–Crippen LogP) is 4.86. The van der Waals surface area contributed by atoms with E-state index in [9.17, 15) is 22.4 Å². The van der Waals surface area contributed by atoms with Crippen molar-refractivity contribution in [1.29, 1.82) is 0 Å². The first-order valence-corrected chi connectivity index (χ1v) is 14.1. The summed E-state index contributed by atoms with van der Waals surface area (Å²) in [4.78, 5) is 28.8. The van der Waals surface area contributed by atoms with Crippen LogP contribution in [-0.2, 0) is 26.0 Å². The van der Waals surface area contributed by atoms with Gasteiger partial charge in [0.05, 0.1) is 11.1 Å². The fourth-order valence-electron chi connectivity index (χ4n) is 4.34. The Labute approximate surface area is 227 Å². The molecule has 204 valence electrons. The quantitative estimate of drug-likeness (QED) is 0.300. The Morgan fingerprint density at radius 3 is 2.26 bits per heavy atom. The number of fused-ring (bicyclic) bond motifs is 1. The van der Waals surface area contributed by atoms with E-state index in [0.717, 1.165) is 5.39 Å². The molecule has 2 amide bonds. The van der Waals surface area contributed by atoms with E-state index in [4.69, 9.17) is 0 Å². The van der Waals surface area contributed by atoms with Crippen LogP contribution in [0.25, 0.3) is 10.8 Å². The monoisotopic (exact) mass is 550 g/mol. The number of nitrogens with one attached hydrogen (secondary N) is 1. The molecule has 0 fully saturated rings. The topological polar surface area (TPSA) is 101 Å². The van der Waals surface area contributed by atoms with Gasteiger partial charge in [0, 0.05) is 24.0 Å². The molecule has 0 aliphatic heterocycles. The van der Waals surface area contributed by atoms with Gasteiger partial charge in [-0.2, -0.15) is 5.10 Å². The van der Waals surface area contributed by atoms with Crippen molar-refractivity contribution >= 4 is 38.3 Å². The first kappa shape index (κ1) is 28.0. The molecule has 1 atom stereocenters. The van der Waals surface area contributed by atoms with Crippen molar-refractivity contribution in [2.24, 2.45) is 5.92 Å². The van der Waals surface area contributed by atoms with Crippen LogP contribution in [0, 0.1) is 11.7 Å². The van der Waals surface area contributed by atoms with Crippen molar-refractivity contribution in [2.75, 3.05) is 4.90 Å². The van der Waals surface area contributed by atoms with Gasteiger partial charge in [0.25, 0.3) is 10.0 Å². The zero-order valence-corrected chi connectivity index (χ0v) is 23.0. The second-order valence-corrected chi connectivity index (χ2v) is 11.6. The Morgan fingerprint density at radius 2 is 1.64 bits per heavy atom. The van der Waals surface area contributed by atoms with E-state index in [1.54, 1.807) is 49.1 Å². The van der Waals surface area contributed by atoms with Gasteiger partial charge >= 0.3 is 0 Å². The number of carbonyl (C=O) groups is 2. The minimum absolute atomic E-state index is 0.0568. The molecule has 0 saturated carbocycles. The first-order chi connectivity index (χ1) is 18.5. The largest absolute Gasteiger partial charge is 0.309 e. The molecule has 39 heavy (non-hydrogen) atoms. The van der Waals surface area contributed by atoms with Crippen molar-refractivity contribution < 1.29 is 22.4 Å². The highest BCUT2D eigenvalue weighted by atomic mass is 32.2. The van der Waals surface area contributed by atoms with E-state index in [1.807, 2.05) is 26.0 Å². The third kappa shape index (κ3) is 6.34. The van der Waals surface area contributed by atoms with E-state index in [-0.39, 0.29) is 17.4 Å². The highest BCUT2D eigenvalue weighted by Crippen LogP contribution is 2.24. The van der Waals surface area contributed by atoms with E-state index >= 15 is 0 Å². The molecule has 10 heteroatoms. The summed E-state index contributed by atoms with van der Waals surface area (Å²) < 4.78 is 43.9. The normalized spacial score (nSPS) is 12.6. The minimum Gasteiger partial charge on any atom is -0.309 e. The molecule has 0 bridgehead atoms. The van der Waals surface area contributed by atoms with Crippen LogP contribution in [0.1, 0.15) is 39.3 Å². The molecule has 1 heterocycles. The van der Waals surface area contributed by atoms with Crippen molar-refractivity contribution in [3.8, 4) is 0 Å². The third-order valence-corrected chi connectivity index (χ3v) is 7.71. The number of carbonyl (C=O) groups excluding carboxylic acids is 2. The Bertz CT molecular complexity index is 1600. The second-order valence-electron chi connectivity index (χ2n) is 9.94. The summed E-state index contributed by atoms with van der Waals surface area (Å²) in [6, 6.07) is 16.8. The maximum Gasteiger partial charge on any atom is 0.264 e. The molecule has 3 aromatic carbocycles. The van der Waals surface area contributed by atoms with Gasteiger partial charge in [-0.25, -0.2) is 17.5 Å². The van der Waals surface area contributed by atoms with Gasteiger partial charge in [-0.15, -0.1) is 0 Å². The van der Waals surface area contributed by atoms with Gasteiger partial charge in [0.15, 0.2) is 0 Å². The molecular weight excluding hydrogens is 519 g/mol. The van der Waals surface area contributed by atoms with Gasteiger partial charge in [-0.05, 0) is 86.8 Å². The predicted molar refractivity (Wildman–Crippen MR) is 148 cm³/mol. The Hall–Kier alpha value is -4.05. The SMILES string of the molecule is CC(C)N(C(=O)C(Cc1cnn(C(C)C)c1)C(=O)NS(=O)(=O)c1ccc2ccccc2c1)c1ccc(F)cc1. The van der Waals surface area contributed by atoms with Crippen LogP contribution >= 0.6 is 0 Å². The number of anilines is 1. The minimum atomic E-state index is -4.29. The summed E-state index contributed by atoms with van der Waals surface area (Å²) in [5.41, 5.74) is 0.993. The molecule has 0 radical (unpaired) electrons. The number of benzene rings is 3. The maximum atomic E-state index is 13.9. The standard InChI is InChI=1S/C29H31FN4O4S/c1-19(2)33-18-21(17-31-33)15-27(29(36)34(20(3)4)25-12-10-24(30)11-13-25)28(35)32-39(37,38)26-14-9-22-7-5-6-8-23(22)16-26/h5-14,16-20,27H,15H2,1-4H3,(H,32,35). The molecule has 0 saturated heterocycles. The van der Waals surface area contributed by atoms with Crippen molar-refractivity contribution in [2.45, 2.75) is 51.1 Å². The smallest absolute Gasteiger partial charge is 0.264 e. The summed E-state index contributed by atoms with van der Waals surface area (Å²) in [6.45, 7) is 7.41. The highest BCUT2D eigenvalue weighted by Gasteiger charge is 2.35. The number of nitrogens with zero attached hydrogens (tertiary/aromatic N) is 3. The zero-order chi connectivity index (χ0) is 28.3. The number of rotatable bonds is 9. The van der Waals surface area contributed by atoms with E-state index in [2.05, 4.69) is 9.82 Å². The van der Waals surface area contributed by atoms with E-state index < -0.39 is 39.6 Å². The lowest BCUT2D eigenvalue weighted by Crippen LogP contribution is -2.48. The van der Waals surface area contributed by atoms with Crippen LogP contribution in [0.5, 0.6) is 0 Å². The third-order valence-electron chi connectivity index (χ3n) is 6.36. The lowest BCUT2D eigenvalue weighted by Gasteiger charge is -2.30. The van der Waals surface area contributed by atoms with E-state index in [1.165, 1.54) is 41.3 Å². The summed E-state index contributed by atoms with van der Waals surface area (Å²) in [7, 11) is -4.29. The lowest BCUT2D eigenvalue weighted by atomic mass is 9.98. The number of halogens is 1. The molecule has 0 aliphatic carbocycles. The molecule has 1 N–H and O–H groups in total. The van der Waals surface area contributed by atoms with Gasteiger partial charge in [0.1, 0.15) is 11.7 Å². The van der Waals surface area contributed by atoms with Gasteiger partial charge in [-0.1, -0.05) is 30.3 Å². The van der Waals surface area contributed by atoms with Crippen LogP contribution in [0.3, 0.4) is 0 Å².